The SMILES string of the molecule is COc1cc(S(C)(=O)=O)ccc1-c1nc2ccc(S(N)(=O)=O)cc2[nH]1. The maximum atomic E-state index is 11.7. The highest BCUT2D eigenvalue weighted by atomic mass is 32.2. The summed E-state index contributed by atoms with van der Waals surface area (Å²) >= 11 is 0. The number of aromatic amines is 1. The Labute approximate surface area is 144 Å². The molecule has 0 amide bonds. The fourth-order valence-corrected chi connectivity index (χ4v) is 3.57. The fourth-order valence-electron chi connectivity index (χ4n) is 2.39. The van der Waals surface area contributed by atoms with E-state index in [1.807, 2.05) is 0 Å². The Balaban J connectivity index is 2.16. The van der Waals surface area contributed by atoms with Gasteiger partial charge in [0, 0.05) is 6.26 Å². The molecule has 1 aromatic heterocycles. The molecule has 3 rings (SSSR count). The molecule has 10 heteroatoms. The highest BCUT2D eigenvalue weighted by molar-refractivity contribution is 7.90. The standard InChI is InChI=1S/C15H15N3O5S2/c1-23-14-8-9(24(2,19)20)3-5-11(14)15-17-12-6-4-10(25(16,21)22)7-13(12)18-15/h3-8H,1-2H3,(H,17,18)(H2,16,21,22). The van der Waals surface area contributed by atoms with E-state index in [2.05, 4.69) is 9.97 Å². The lowest BCUT2D eigenvalue weighted by atomic mass is 10.2. The molecule has 0 saturated heterocycles. The Bertz CT molecular complexity index is 1180. The van der Waals surface area contributed by atoms with Crippen LogP contribution in [0.15, 0.2) is 46.2 Å². The van der Waals surface area contributed by atoms with E-state index >= 15 is 0 Å². The van der Waals surface area contributed by atoms with Gasteiger partial charge in [-0.2, -0.15) is 0 Å². The van der Waals surface area contributed by atoms with Gasteiger partial charge in [0.25, 0.3) is 0 Å². The Morgan fingerprint density at radius 2 is 1.72 bits per heavy atom. The first kappa shape index (κ1) is 17.4. The van der Waals surface area contributed by atoms with Crippen molar-refractivity contribution in [1.29, 1.82) is 0 Å². The second kappa shape index (κ2) is 5.83. The lowest BCUT2D eigenvalue weighted by molar-refractivity contribution is 0.415. The van der Waals surface area contributed by atoms with E-state index in [0.29, 0.717) is 28.2 Å². The first-order valence-corrected chi connectivity index (χ1v) is 10.4. The number of nitrogens with two attached hydrogens (primary N) is 1. The smallest absolute Gasteiger partial charge is 0.238 e. The number of imidazole rings is 1. The number of nitrogens with zero attached hydrogens (tertiary/aromatic N) is 1. The van der Waals surface area contributed by atoms with Crippen LogP contribution in [0.5, 0.6) is 5.75 Å². The van der Waals surface area contributed by atoms with Crippen molar-refractivity contribution in [1.82, 2.24) is 9.97 Å². The minimum atomic E-state index is -3.82. The average Bonchev–Trinajstić information content (AvgIpc) is 2.95. The highest BCUT2D eigenvalue weighted by Crippen LogP contribution is 2.32. The van der Waals surface area contributed by atoms with Crippen LogP contribution in [0.1, 0.15) is 0 Å². The third kappa shape index (κ3) is 3.36. The lowest BCUT2D eigenvalue weighted by Crippen LogP contribution is -2.11. The van der Waals surface area contributed by atoms with Crippen molar-refractivity contribution in [3.8, 4) is 17.1 Å². The molecule has 25 heavy (non-hydrogen) atoms. The van der Waals surface area contributed by atoms with Gasteiger partial charge >= 0.3 is 0 Å². The largest absolute Gasteiger partial charge is 0.496 e. The van der Waals surface area contributed by atoms with E-state index < -0.39 is 19.9 Å². The molecule has 0 unspecified atom stereocenters. The molecule has 8 nitrogen and oxygen atoms in total. The molecule has 0 aliphatic heterocycles. The van der Waals surface area contributed by atoms with Gasteiger partial charge in [0.2, 0.25) is 10.0 Å². The predicted octanol–water partition coefficient (Wildman–Crippen LogP) is 1.29. The first-order chi connectivity index (χ1) is 11.6. The number of hydrogen-bond donors (Lipinski definition) is 2. The Hall–Kier alpha value is -2.43. The molecule has 0 radical (unpaired) electrons. The van der Waals surface area contributed by atoms with Crippen molar-refractivity contribution in [2.75, 3.05) is 13.4 Å². The van der Waals surface area contributed by atoms with E-state index in [-0.39, 0.29) is 9.79 Å². The van der Waals surface area contributed by atoms with E-state index in [0.717, 1.165) is 6.26 Å². The molecule has 2 aromatic carbocycles. The summed E-state index contributed by atoms with van der Waals surface area (Å²) in [4.78, 5) is 7.48. The zero-order valence-corrected chi connectivity index (χ0v) is 15.0. The molecular weight excluding hydrogens is 366 g/mol. The van der Waals surface area contributed by atoms with Gasteiger partial charge in [-0.3, -0.25) is 0 Å². The van der Waals surface area contributed by atoms with Crippen molar-refractivity contribution < 1.29 is 21.6 Å². The summed E-state index contributed by atoms with van der Waals surface area (Å²) in [6.07, 6.45) is 1.11. The van der Waals surface area contributed by atoms with Gasteiger partial charge in [-0.1, -0.05) is 0 Å². The molecule has 3 N–H and O–H groups in total. The quantitative estimate of drug-likeness (QED) is 0.700. The minimum absolute atomic E-state index is 0.0328. The number of methoxy groups -OCH3 is 1. The number of ether oxygens (including phenoxy) is 1. The number of hydrogen-bond acceptors (Lipinski definition) is 6. The third-order valence-corrected chi connectivity index (χ3v) is 5.66. The molecule has 0 aliphatic rings. The van der Waals surface area contributed by atoms with Gasteiger partial charge in [-0.25, -0.2) is 27.0 Å². The third-order valence-electron chi connectivity index (χ3n) is 3.64. The number of sulfonamides is 1. The number of aromatic nitrogens is 2. The average molecular weight is 381 g/mol. The topological polar surface area (TPSA) is 132 Å². The van der Waals surface area contributed by atoms with Crippen molar-refractivity contribution in [3.63, 3.8) is 0 Å². The summed E-state index contributed by atoms with van der Waals surface area (Å²) in [7, 11) is -5.77. The molecule has 0 bridgehead atoms. The van der Waals surface area contributed by atoms with Gasteiger partial charge in [0.1, 0.15) is 11.6 Å². The second-order valence-electron chi connectivity index (χ2n) is 5.44. The zero-order chi connectivity index (χ0) is 18.4. The molecule has 0 atom stereocenters. The predicted molar refractivity (Wildman–Crippen MR) is 92.6 cm³/mol. The highest BCUT2D eigenvalue weighted by Gasteiger charge is 2.16. The van der Waals surface area contributed by atoms with Crippen molar-refractivity contribution in [2.45, 2.75) is 9.79 Å². The first-order valence-electron chi connectivity index (χ1n) is 7.00. The van der Waals surface area contributed by atoms with Crippen LogP contribution in [0, 0.1) is 0 Å². The van der Waals surface area contributed by atoms with Crippen LogP contribution in [-0.2, 0) is 19.9 Å². The van der Waals surface area contributed by atoms with Crippen LogP contribution >= 0.6 is 0 Å². The van der Waals surface area contributed by atoms with Crippen LogP contribution in [0.2, 0.25) is 0 Å². The Morgan fingerprint density at radius 1 is 1.04 bits per heavy atom. The molecule has 132 valence electrons. The molecular formula is C15H15N3O5S2. The molecule has 3 aromatic rings. The van der Waals surface area contributed by atoms with Crippen LogP contribution in [-0.4, -0.2) is 40.2 Å². The van der Waals surface area contributed by atoms with E-state index in [1.165, 1.54) is 37.4 Å². The minimum Gasteiger partial charge on any atom is -0.496 e. The van der Waals surface area contributed by atoms with Crippen LogP contribution in [0.25, 0.3) is 22.4 Å². The number of primary sulfonamides is 1. The van der Waals surface area contributed by atoms with Crippen molar-refractivity contribution in [3.05, 3.63) is 36.4 Å². The fraction of sp³-hybridized carbons (Fsp3) is 0.133. The number of sulfone groups is 1. The molecule has 0 aliphatic carbocycles. The summed E-state index contributed by atoms with van der Waals surface area (Å²) in [6, 6.07) is 8.73. The molecule has 0 saturated carbocycles. The zero-order valence-electron chi connectivity index (χ0n) is 13.3. The van der Waals surface area contributed by atoms with Crippen LogP contribution < -0.4 is 9.88 Å². The van der Waals surface area contributed by atoms with Crippen molar-refractivity contribution >= 4 is 30.9 Å². The molecule has 0 spiro atoms. The molecule has 0 fully saturated rings. The van der Waals surface area contributed by atoms with E-state index in [9.17, 15) is 16.8 Å². The van der Waals surface area contributed by atoms with Gasteiger partial charge < -0.3 is 9.72 Å². The number of fused-ring (bicyclic) bond motifs is 1. The number of rotatable bonds is 4. The summed E-state index contributed by atoms with van der Waals surface area (Å²) in [5.41, 5.74) is 1.57. The molecule has 1 heterocycles. The monoisotopic (exact) mass is 381 g/mol. The maximum absolute atomic E-state index is 11.7. The number of nitrogens with one attached hydrogen (secondary N) is 1. The Kier molecular flexibility index (Phi) is 4.06. The number of benzene rings is 2. The van der Waals surface area contributed by atoms with Gasteiger partial charge in [-0.15, -0.1) is 0 Å². The van der Waals surface area contributed by atoms with Crippen LogP contribution in [0.4, 0.5) is 0 Å². The van der Waals surface area contributed by atoms with E-state index in [4.69, 9.17) is 9.88 Å². The summed E-state index contributed by atoms with van der Waals surface area (Å²) in [5.74, 6) is 0.743. The van der Waals surface area contributed by atoms with E-state index in [1.54, 1.807) is 6.07 Å². The second-order valence-corrected chi connectivity index (χ2v) is 9.02. The summed E-state index contributed by atoms with van der Waals surface area (Å²) in [6.45, 7) is 0. The lowest BCUT2D eigenvalue weighted by Gasteiger charge is -2.08. The Morgan fingerprint density at radius 3 is 2.32 bits per heavy atom. The van der Waals surface area contributed by atoms with Crippen molar-refractivity contribution in [2.24, 2.45) is 5.14 Å². The van der Waals surface area contributed by atoms with Gasteiger partial charge in [0.15, 0.2) is 9.84 Å². The van der Waals surface area contributed by atoms with Crippen LogP contribution in [0.3, 0.4) is 0 Å². The summed E-state index contributed by atoms with van der Waals surface area (Å²) < 4.78 is 51.5. The van der Waals surface area contributed by atoms with Gasteiger partial charge in [-0.05, 0) is 36.4 Å². The summed E-state index contributed by atoms with van der Waals surface area (Å²) in [5, 5.41) is 5.13. The van der Waals surface area contributed by atoms with Gasteiger partial charge in [0.05, 0.1) is 33.5 Å². The maximum Gasteiger partial charge on any atom is 0.238 e. The number of H-pyrrole nitrogens is 1. The normalized spacial score (nSPS) is 12.4.